The van der Waals surface area contributed by atoms with Gasteiger partial charge >= 0.3 is 11.9 Å². The van der Waals surface area contributed by atoms with Gasteiger partial charge in [-0.25, -0.2) is 0 Å². The molecule has 7 nitrogen and oxygen atoms in total. The molecule has 6 atom stereocenters. The van der Waals surface area contributed by atoms with E-state index in [0.717, 1.165) is 130 Å². The van der Waals surface area contributed by atoms with Gasteiger partial charge in [0.15, 0.2) is 0 Å². The van der Waals surface area contributed by atoms with E-state index >= 15 is 0 Å². The van der Waals surface area contributed by atoms with E-state index in [1.165, 1.54) is 61.2 Å². The second-order valence-corrected chi connectivity index (χ2v) is 36.6. The monoisotopic (exact) mass is 1250 g/mol. The lowest BCUT2D eigenvalue weighted by molar-refractivity contribution is -0.150. The van der Waals surface area contributed by atoms with Crippen molar-refractivity contribution in [2.45, 2.75) is 129 Å². The zero-order chi connectivity index (χ0) is 62.8. The number of esters is 2. The molecule has 0 spiro atoms. The van der Waals surface area contributed by atoms with Crippen molar-refractivity contribution in [1.82, 2.24) is 4.98 Å². The minimum Gasteiger partial charge on any atom is -0.494 e. The van der Waals surface area contributed by atoms with Crippen LogP contribution in [0.4, 0.5) is 0 Å². The first kappa shape index (κ1) is 61.6. The van der Waals surface area contributed by atoms with Gasteiger partial charge in [-0.15, -0.1) is 0 Å². The Bertz CT molecular complexity index is 3770. The molecule has 7 aromatic carbocycles. The molecule has 2 saturated carbocycles. The van der Waals surface area contributed by atoms with Gasteiger partial charge < -0.3 is 18.9 Å². The average Bonchev–Trinajstić information content (AvgIpc) is 1.58. The Labute approximate surface area is 547 Å². The lowest BCUT2D eigenvalue weighted by Crippen LogP contribution is -2.54. The molecular weight excluding hydrogens is 1160 g/mol. The van der Waals surface area contributed by atoms with Crippen LogP contribution in [0.5, 0.6) is 11.5 Å². The summed E-state index contributed by atoms with van der Waals surface area (Å²) >= 11 is 0. The fourth-order valence-electron chi connectivity index (χ4n) is 16.9. The predicted molar refractivity (Wildman–Crippen MR) is 382 cm³/mol. The fourth-order valence-corrected chi connectivity index (χ4v) is 26.2. The third kappa shape index (κ3) is 12.0. The van der Waals surface area contributed by atoms with E-state index in [0.29, 0.717) is 50.1 Å². The van der Waals surface area contributed by atoms with Crippen LogP contribution in [0.15, 0.2) is 188 Å². The SMILES string of the molecule is CC[Si]1(CC)c2cc(-c3ccc(OCCCCCCOC(=O)C4CC5C=CC4C5)cc3)ccc2-c2ccc(-c3ccc(-c4ccc(-c5ccc6c(c5)[Si](CC)(CC)c5cc(-c7ccc(OCCCCCCOC(=O)C8CC9C=CC8C9)cc7)ccc5-6)cn4)cc3)cc21. The zero-order valence-corrected chi connectivity index (χ0v) is 56.4. The third-order valence-corrected chi connectivity index (χ3v) is 33.0. The highest BCUT2D eigenvalue weighted by Crippen LogP contribution is 2.46. The van der Waals surface area contributed by atoms with Gasteiger partial charge in [0.1, 0.15) is 27.6 Å². The molecular formula is C83H89NO6Si2. The molecule has 3 heterocycles. The summed E-state index contributed by atoms with van der Waals surface area (Å²) in [5, 5.41) is 6.23. The van der Waals surface area contributed by atoms with Gasteiger partial charge in [-0.2, -0.15) is 0 Å². The van der Waals surface area contributed by atoms with Crippen molar-refractivity contribution in [3.63, 3.8) is 0 Å². The molecule has 14 rings (SSSR count). The zero-order valence-electron chi connectivity index (χ0n) is 54.4. The van der Waals surface area contributed by atoms with E-state index in [9.17, 15) is 9.59 Å². The number of carbonyl (C=O) groups excluding carboxylic acids is 2. The number of aromatic nitrogens is 1. The van der Waals surface area contributed by atoms with Crippen molar-refractivity contribution in [2.75, 3.05) is 26.4 Å². The van der Waals surface area contributed by atoms with Crippen LogP contribution in [0.25, 0.3) is 78.0 Å². The summed E-state index contributed by atoms with van der Waals surface area (Å²) in [5.41, 5.74) is 17.5. The van der Waals surface area contributed by atoms with Crippen LogP contribution in [0.2, 0.25) is 24.2 Å². The number of hydrogen-bond donors (Lipinski definition) is 0. The van der Waals surface area contributed by atoms with Gasteiger partial charge in [0.05, 0.1) is 44.0 Å². The minimum absolute atomic E-state index is 0.00802. The van der Waals surface area contributed by atoms with Gasteiger partial charge in [0, 0.05) is 17.3 Å². The first-order valence-electron chi connectivity index (χ1n) is 35.0. The smallest absolute Gasteiger partial charge is 0.309 e. The largest absolute Gasteiger partial charge is 0.494 e. The Morgan fingerprint density at radius 3 is 1.04 bits per heavy atom. The van der Waals surface area contributed by atoms with Gasteiger partial charge in [-0.1, -0.05) is 204 Å². The Kier molecular flexibility index (Phi) is 18.1. The predicted octanol–water partition coefficient (Wildman–Crippen LogP) is 18.0. The van der Waals surface area contributed by atoms with Gasteiger partial charge in [0.25, 0.3) is 0 Å². The van der Waals surface area contributed by atoms with Gasteiger partial charge in [-0.3, -0.25) is 14.6 Å². The summed E-state index contributed by atoms with van der Waals surface area (Å²) in [4.78, 5) is 30.2. The molecule has 8 aromatic rings. The highest BCUT2D eigenvalue weighted by Gasteiger charge is 2.46. The van der Waals surface area contributed by atoms with Crippen LogP contribution >= 0.6 is 0 Å². The Morgan fingerprint density at radius 1 is 0.370 bits per heavy atom. The number of fused-ring (bicyclic) bond motifs is 10. The number of nitrogens with zero attached hydrogens (tertiary/aromatic N) is 1. The van der Waals surface area contributed by atoms with Crippen molar-refractivity contribution in [2.24, 2.45) is 35.5 Å². The number of unbranched alkanes of at least 4 members (excludes halogenated alkanes) is 6. The van der Waals surface area contributed by atoms with Crippen LogP contribution < -0.4 is 30.2 Å². The van der Waals surface area contributed by atoms with E-state index in [-0.39, 0.29) is 23.8 Å². The van der Waals surface area contributed by atoms with Crippen LogP contribution in [-0.4, -0.2) is 59.5 Å². The molecule has 4 aliphatic carbocycles. The second-order valence-electron chi connectivity index (χ2n) is 27.3. The second kappa shape index (κ2) is 27.0. The summed E-state index contributed by atoms with van der Waals surface area (Å²) in [6, 6.07) is 64.2. The molecule has 2 fully saturated rings. The number of carbonyl (C=O) groups is 2. The Morgan fingerprint density at radius 2 is 0.707 bits per heavy atom. The lowest BCUT2D eigenvalue weighted by Gasteiger charge is -2.27. The molecule has 92 heavy (non-hydrogen) atoms. The molecule has 6 unspecified atom stereocenters. The van der Waals surface area contributed by atoms with Gasteiger partial charge in [-0.05, 0) is 213 Å². The number of benzene rings is 7. The van der Waals surface area contributed by atoms with E-state index in [4.69, 9.17) is 23.9 Å². The van der Waals surface area contributed by atoms with Crippen LogP contribution in [0.3, 0.4) is 0 Å². The normalized spacial score (nSPS) is 20.2. The van der Waals surface area contributed by atoms with Crippen molar-refractivity contribution in [3.05, 3.63) is 188 Å². The first-order chi connectivity index (χ1) is 45.1. The molecule has 0 saturated heterocycles. The summed E-state index contributed by atoms with van der Waals surface area (Å²) < 4.78 is 23.7. The molecule has 6 aliphatic rings. The van der Waals surface area contributed by atoms with Gasteiger partial charge in [0.2, 0.25) is 0 Å². The maximum Gasteiger partial charge on any atom is 0.309 e. The molecule has 0 amide bonds. The van der Waals surface area contributed by atoms with Crippen LogP contribution in [0.1, 0.15) is 105 Å². The van der Waals surface area contributed by atoms with Crippen molar-refractivity contribution in [1.29, 1.82) is 0 Å². The highest BCUT2D eigenvalue weighted by molar-refractivity contribution is 7.06. The molecule has 0 radical (unpaired) electrons. The number of allylic oxidation sites excluding steroid dienone is 4. The van der Waals surface area contributed by atoms with Crippen LogP contribution in [0, 0.1) is 35.5 Å². The quantitative estimate of drug-likeness (QED) is 0.0219. The Balaban J connectivity index is 0.571. The van der Waals surface area contributed by atoms with E-state index in [1.807, 2.05) is 0 Å². The Hall–Kier alpha value is -7.86. The topological polar surface area (TPSA) is 84.0 Å². The maximum absolute atomic E-state index is 12.6. The summed E-state index contributed by atoms with van der Waals surface area (Å²) in [7, 11) is -4.10. The molecule has 4 bridgehead atoms. The highest BCUT2D eigenvalue weighted by atomic mass is 28.3. The van der Waals surface area contributed by atoms with E-state index in [2.05, 4.69) is 216 Å². The average molecular weight is 1250 g/mol. The fraction of sp³-hybridized carbons (Fsp3) is 0.361. The van der Waals surface area contributed by atoms with E-state index < -0.39 is 16.1 Å². The molecule has 0 N–H and O–H groups in total. The molecule has 470 valence electrons. The number of hydrogen-bond acceptors (Lipinski definition) is 7. The number of pyridine rings is 1. The first-order valence-corrected chi connectivity index (χ1v) is 39.8. The molecule has 1 aromatic heterocycles. The summed E-state index contributed by atoms with van der Waals surface area (Å²) in [6.07, 6.45) is 23.2. The third-order valence-electron chi connectivity index (χ3n) is 22.4. The van der Waals surface area contributed by atoms with Crippen molar-refractivity contribution < 1.29 is 28.5 Å². The molecule has 2 aliphatic heterocycles. The van der Waals surface area contributed by atoms with Crippen LogP contribution in [-0.2, 0) is 19.1 Å². The van der Waals surface area contributed by atoms with Crippen molar-refractivity contribution in [3.8, 4) is 89.5 Å². The lowest BCUT2D eigenvalue weighted by atomic mass is 9.94. The summed E-state index contributed by atoms with van der Waals surface area (Å²) in [6.45, 7) is 12.1. The standard InChI is InChI=1S/C83H89NO6Si2/c1-5-91(6-2)78-51-62(29-38-71(78)72-39-30-63(52-79(72)91)59-25-34-69(35-26-59)87-43-13-9-11-15-45-89-82(85)75-49-56-17-19-66(75)47-56)58-21-23-61(24-22-58)77-42-33-68(55-84-77)65-32-41-74-73-40-31-64(53-80(73)92(7-3,8-4)81(74)54-65)60-27-36-70(37-28-60)88-44-14-10-12-16-46-90-83(86)76-50-57-18-20-67(76)48-57/h17-42,51-57,66-67,75-76H,5-16,43-50H2,1-4H3. The van der Waals surface area contributed by atoms with Crippen molar-refractivity contribution >= 4 is 48.8 Å². The van der Waals surface area contributed by atoms with E-state index in [1.54, 1.807) is 20.7 Å². The summed E-state index contributed by atoms with van der Waals surface area (Å²) in [5.74, 6) is 3.98. The number of rotatable bonds is 27. The maximum atomic E-state index is 12.6. The number of ether oxygens (including phenoxy) is 4. The minimum atomic E-state index is -2.05. The molecule has 9 heteroatoms.